The number of piperidine rings is 1. The van der Waals surface area contributed by atoms with Gasteiger partial charge in [-0.15, -0.1) is 0 Å². The standard InChI is InChI=1S/C42H43ClN6O6/c1-41(2)39(42(3,4)40(41)55-29-11-9-25(20-44)32(43)19-29)46-35(51)24-7-5-23(6-8-24)15-16-47-21-28-17-27(47)22-48(28)26-10-12-30-31(18-26)38(54)49(37(30)53)33-13-14-34(50)45-36(33)52/h5-12,18-19,27-28,33,39-40H,13-17,21-22H2,1-4H3,(H,46,51)(H,45,50,52)/t27-,28-,33-,39?,40?/m0/s1. The number of nitriles is 1. The van der Waals surface area contributed by atoms with E-state index in [0.29, 0.717) is 33.5 Å². The van der Waals surface area contributed by atoms with Gasteiger partial charge in [-0.25, -0.2) is 0 Å². The van der Waals surface area contributed by atoms with Gasteiger partial charge in [0.1, 0.15) is 24.0 Å². The van der Waals surface area contributed by atoms with E-state index in [9.17, 15) is 29.2 Å². The number of nitrogens with zero attached hydrogens (tertiary/aromatic N) is 4. The molecule has 0 spiro atoms. The van der Waals surface area contributed by atoms with Crippen LogP contribution in [0.3, 0.4) is 0 Å². The van der Waals surface area contributed by atoms with E-state index < -0.39 is 29.7 Å². The molecule has 3 atom stereocenters. The molecule has 3 aromatic carbocycles. The number of hydrogen-bond acceptors (Lipinski definition) is 9. The molecule has 2 bridgehead atoms. The van der Waals surface area contributed by atoms with Gasteiger partial charge in [0.25, 0.3) is 17.7 Å². The molecule has 1 saturated carbocycles. The van der Waals surface area contributed by atoms with Crippen molar-refractivity contribution in [3.8, 4) is 11.8 Å². The predicted molar refractivity (Wildman–Crippen MR) is 204 cm³/mol. The van der Waals surface area contributed by atoms with Crippen molar-refractivity contribution in [3.05, 3.63) is 93.5 Å². The van der Waals surface area contributed by atoms with Gasteiger partial charge in [-0.2, -0.15) is 5.26 Å². The van der Waals surface area contributed by atoms with Gasteiger partial charge in [-0.05, 0) is 67.3 Å². The van der Waals surface area contributed by atoms with Crippen LogP contribution in [0.2, 0.25) is 5.02 Å². The Morgan fingerprint density at radius 2 is 1.67 bits per heavy atom. The number of ether oxygens (including phenoxy) is 1. The van der Waals surface area contributed by atoms with Crippen molar-refractivity contribution in [3.63, 3.8) is 0 Å². The lowest BCUT2D eigenvalue weighted by atomic mass is 9.49. The first-order valence-electron chi connectivity index (χ1n) is 18.8. The molecular formula is C42H43ClN6O6. The van der Waals surface area contributed by atoms with Gasteiger partial charge < -0.3 is 15.0 Å². The first kappa shape index (κ1) is 36.7. The highest BCUT2D eigenvalue weighted by Crippen LogP contribution is 2.55. The van der Waals surface area contributed by atoms with E-state index in [1.807, 2.05) is 30.3 Å². The zero-order valence-electron chi connectivity index (χ0n) is 31.2. The maximum atomic E-state index is 13.4. The van der Waals surface area contributed by atoms with Gasteiger partial charge in [-0.1, -0.05) is 51.4 Å². The summed E-state index contributed by atoms with van der Waals surface area (Å²) in [5.41, 5.74) is 2.90. The van der Waals surface area contributed by atoms with Gasteiger partial charge in [0.15, 0.2) is 0 Å². The van der Waals surface area contributed by atoms with Crippen molar-refractivity contribution < 1.29 is 28.7 Å². The largest absolute Gasteiger partial charge is 0.489 e. The fraction of sp³-hybridized carbons (Fsp3) is 0.429. The zero-order chi connectivity index (χ0) is 39.0. The molecule has 4 aliphatic heterocycles. The second kappa shape index (κ2) is 13.5. The average Bonchev–Trinajstić information content (AvgIpc) is 3.83. The van der Waals surface area contributed by atoms with Crippen LogP contribution in [0.15, 0.2) is 60.7 Å². The number of fused-ring (bicyclic) bond motifs is 3. The third kappa shape index (κ3) is 6.23. The van der Waals surface area contributed by atoms with Crippen molar-refractivity contribution in [1.29, 1.82) is 5.26 Å². The average molecular weight is 763 g/mol. The molecule has 5 aliphatic rings. The molecule has 4 heterocycles. The van der Waals surface area contributed by atoms with Crippen LogP contribution >= 0.6 is 11.6 Å². The number of carbonyl (C=O) groups excluding carboxylic acids is 5. The summed E-state index contributed by atoms with van der Waals surface area (Å²) in [6.45, 7) is 10.9. The van der Waals surface area contributed by atoms with Crippen molar-refractivity contribution in [2.24, 2.45) is 10.8 Å². The Kier molecular flexibility index (Phi) is 9.01. The third-order valence-corrected chi connectivity index (χ3v) is 12.8. The monoisotopic (exact) mass is 762 g/mol. The van der Waals surface area contributed by atoms with Crippen LogP contribution < -0.4 is 20.3 Å². The van der Waals surface area contributed by atoms with Crippen molar-refractivity contribution in [1.82, 2.24) is 20.4 Å². The van der Waals surface area contributed by atoms with Crippen LogP contribution in [0, 0.1) is 22.2 Å². The number of halogens is 1. The maximum absolute atomic E-state index is 13.4. The van der Waals surface area contributed by atoms with Gasteiger partial charge in [0.2, 0.25) is 11.8 Å². The smallest absolute Gasteiger partial charge is 0.262 e. The Morgan fingerprint density at radius 3 is 2.33 bits per heavy atom. The van der Waals surface area contributed by atoms with Crippen molar-refractivity contribution in [2.45, 2.75) is 83.6 Å². The number of nitrogens with one attached hydrogen (secondary N) is 2. The summed E-state index contributed by atoms with van der Waals surface area (Å²) in [5.74, 6) is -1.54. The van der Waals surface area contributed by atoms with E-state index in [2.05, 4.69) is 54.2 Å². The summed E-state index contributed by atoms with van der Waals surface area (Å²) in [4.78, 5) is 69.9. The van der Waals surface area contributed by atoms with Gasteiger partial charge in [0, 0.05) is 72.3 Å². The first-order valence-corrected chi connectivity index (χ1v) is 19.2. The number of anilines is 1. The van der Waals surface area contributed by atoms with E-state index in [1.54, 1.807) is 30.3 Å². The van der Waals surface area contributed by atoms with Crippen LogP contribution in [0.5, 0.6) is 5.75 Å². The second-order valence-corrected chi connectivity index (χ2v) is 17.0. The summed E-state index contributed by atoms with van der Waals surface area (Å²) in [5, 5.41) is 15.0. The molecule has 1 aliphatic carbocycles. The van der Waals surface area contributed by atoms with E-state index in [4.69, 9.17) is 16.3 Å². The summed E-state index contributed by atoms with van der Waals surface area (Å²) in [7, 11) is 0. The van der Waals surface area contributed by atoms with Crippen LogP contribution in [0.4, 0.5) is 5.69 Å². The normalized spacial score (nSPS) is 26.4. The minimum atomic E-state index is -0.983. The Morgan fingerprint density at radius 1 is 0.945 bits per heavy atom. The zero-order valence-corrected chi connectivity index (χ0v) is 32.0. The molecule has 4 fully saturated rings. The molecule has 13 heteroatoms. The van der Waals surface area contributed by atoms with Crippen LogP contribution in [0.25, 0.3) is 0 Å². The SMILES string of the molecule is CC1(C)C(NC(=O)c2ccc(CCN3C[C@@H]4C[C@H]3CN4c3ccc4c(c3)C(=O)N([C@H]3CCC(=O)NC3=O)C4=O)cc2)C(C)(C)C1Oc1ccc(C#N)c(Cl)c1. The molecule has 8 rings (SSSR count). The lowest BCUT2D eigenvalue weighted by Crippen LogP contribution is -2.74. The fourth-order valence-corrected chi connectivity index (χ4v) is 10.1. The lowest BCUT2D eigenvalue weighted by molar-refractivity contribution is -0.164. The quantitative estimate of drug-likeness (QED) is 0.295. The number of rotatable bonds is 9. The molecule has 0 radical (unpaired) electrons. The topological polar surface area (TPSA) is 152 Å². The molecule has 0 unspecified atom stereocenters. The van der Waals surface area contributed by atoms with Gasteiger partial charge in [-0.3, -0.25) is 39.1 Å². The Hall–Kier alpha value is -5.25. The Bertz CT molecular complexity index is 2160. The number of imide groups is 2. The van der Waals surface area contributed by atoms with Crippen LogP contribution in [-0.2, 0) is 16.0 Å². The maximum Gasteiger partial charge on any atom is 0.262 e. The summed E-state index contributed by atoms with van der Waals surface area (Å²) in [6, 6.07) is 19.8. The molecule has 55 heavy (non-hydrogen) atoms. The molecule has 284 valence electrons. The molecule has 0 aromatic heterocycles. The summed E-state index contributed by atoms with van der Waals surface area (Å²) < 4.78 is 6.37. The highest BCUT2D eigenvalue weighted by molar-refractivity contribution is 6.31. The predicted octanol–water partition coefficient (Wildman–Crippen LogP) is 4.73. The molecule has 3 aromatic rings. The minimum Gasteiger partial charge on any atom is -0.489 e. The number of benzene rings is 3. The van der Waals surface area contributed by atoms with Crippen molar-refractivity contribution >= 4 is 46.8 Å². The van der Waals surface area contributed by atoms with E-state index in [1.165, 1.54) is 0 Å². The van der Waals surface area contributed by atoms with E-state index >= 15 is 0 Å². The molecule has 5 amide bonds. The number of carbonyl (C=O) groups is 5. The van der Waals surface area contributed by atoms with Crippen LogP contribution in [0.1, 0.15) is 89.2 Å². The molecule has 2 N–H and O–H groups in total. The van der Waals surface area contributed by atoms with E-state index in [-0.39, 0.29) is 53.3 Å². The van der Waals surface area contributed by atoms with Crippen molar-refractivity contribution in [2.75, 3.05) is 24.5 Å². The second-order valence-electron chi connectivity index (χ2n) is 16.6. The van der Waals surface area contributed by atoms with Gasteiger partial charge >= 0.3 is 0 Å². The highest BCUT2D eigenvalue weighted by atomic mass is 35.5. The summed E-state index contributed by atoms with van der Waals surface area (Å²) in [6.07, 6.45) is 1.87. The number of piperazine rings is 1. The Labute approximate surface area is 324 Å². The lowest BCUT2D eigenvalue weighted by Gasteiger charge is -2.63. The fourth-order valence-electron chi connectivity index (χ4n) is 9.88. The number of likely N-dealkylation sites (tertiary alicyclic amines) is 1. The first-order chi connectivity index (χ1) is 26.2. The third-order valence-electron chi connectivity index (χ3n) is 12.4. The summed E-state index contributed by atoms with van der Waals surface area (Å²) >= 11 is 6.24. The number of hydrogen-bond donors (Lipinski definition) is 2. The molecule has 12 nitrogen and oxygen atoms in total. The van der Waals surface area contributed by atoms with Crippen LogP contribution in [-0.4, -0.2) is 89.2 Å². The Balaban J connectivity index is 0.837. The highest BCUT2D eigenvalue weighted by Gasteiger charge is 2.64. The van der Waals surface area contributed by atoms with Gasteiger partial charge in [0.05, 0.1) is 21.7 Å². The molecule has 3 saturated heterocycles. The number of amides is 5. The molecular weight excluding hydrogens is 720 g/mol. The minimum absolute atomic E-state index is 0.0841. The van der Waals surface area contributed by atoms with E-state index in [0.717, 1.165) is 48.6 Å².